The summed E-state index contributed by atoms with van der Waals surface area (Å²) in [7, 11) is 0. The Bertz CT molecular complexity index is 448. The predicted octanol–water partition coefficient (Wildman–Crippen LogP) is -4.06. The number of nitrogens with one attached hydrogen (secondary N) is 2. The van der Waals surface area contributed by atoms with Gasteiger partial charge in [-0.3, -0.25) is 0 Å². The van der Waals surface area contributed by atoms with Gasteiger partial charge in [0.1, 0.15) is 18.3 Å². The first-order valence-electron chi connectivity index (χ1n) is 10.4. The monoisotopic (exact) mass is 422 g/mol. The summed E-state index contributed by atoms with van der Waals surface area (Å²) < 4.78 is 11.7. The Morgan fingerprint density at radius 3 is 2.41 bits per heavy atom. The Kier molecular flexibility index (Phi) is 10.6. The Balaban J connectivity index is 1.87. The molecule has 29 heavy (non-hydrogen) atoms. The van der Waals surface area contributed by atoms with Crippen molar-refractivity contribution in [1.29, 1.82) is 0 Å². The molecule has 0 radical (unpaired) electrons. The molecule has 0 aromatic heterocycles. The van der Waals surface area contributed by atoms with E-state index in [4.69, 9.17) is 20.9 Å². The molecular weight excluding hydrogens is 384 g/mol. The minimum Gasteiger partial charge on any atom is -0.395 e. The van der Waals surface area contributed by atoms with E-state index in [0.717, 1.165) is 6.42 Å². The number of ether oxygens (including phenoxy) is 2. The Hall–Kier alpha value is -0.440. The van der Waals surface area contributed by atoms with E-state index in [9.17, 15) is 25.5 Å². The predicted molar refractivity (Wildman–Crippen MR) is 105 cm³/mol. The summed E-state index contributed by atoms with van der Waals surface area (Å²) >= 11 is 0. The topological polar surface area (TPSA) is 196 Å². The van der Waals surface area contributed by atoms with Gasteiger partial charge in [-0.15, -0.1) is 0 Å². The van der Waals surface area contributed by atoms with E-state index in [1.807, 2.05) is 0 Å². The second-order valence-electron chi connectivity index (χ2n) is 7.97. The van der Waals surface area contributed by atoms with E-state index in [1.165, 1.54) is 0 Å². The van der Waals surface area contributed by atoms with Gasteiger partial charge in [-0.25, -0.2) is 0 Å². The van der Waals surface area contributed by atoms with Gasteiger partial charge in [-0.1, -0.05) is 0 Å². The van der Waals surface area contributed by atoms with Gasteiger partial charge in [0.2, 0.25) is 0 Å². The van der Waals surface area contributed by atoms with Crippen LogP contribution in [0.5, 0.6) is 0 Å². The van der Waals surface area contributed by atoms with E-state index >= 15 is 0 Å². The van der Waals surface area contributed by atoms with Crippen molar-refractivity contribution in [1.82, 2.24) is 10.6 Å². The molecule has 0 aromatic carbocycles. The summed E-state index contributed by atoms with van der Waals surface area (Å²) in [5.74, 6) is 0. The first-order valence-corrected chi connectivity index (χ1v) is 10.4. The molecule has 11 nitrogen and oxygen atoms in total. The number of hydrogen-bond donors (Lipinski definition) is 9. The van der Waals surface area contributed by atoms with Crippen molar-refractivity contribution < 1.29 is 35.0 Å². The maximum Gasteiger partial charge on any atom is 0.161 e. The molecule has 0 bridgehead atoms. The van der Waals surface area contributed by atoms with Crippen LogP contribution in [-0.2, 0) is 9.47 Å². The van der Waals surface area contributed by atoms with E-state index in [-0.39, 0.29) is 25.7 Å². The Morgan fingerprint density at radius 1 is 1.07 bits per heavy atom. The van der Waals surface area contributed by atoms with Gasteiger partial charge >= 0.3 is 0 Å². The van der Waals surface area contributed by atoms with Crippen LogP contribution in [-0.4, -0.2) is 113 Å². The van der Waals surface area contributed by atoms with Crippen LogP contribution in [0.15, 0.2) is 0 Å². The van der Waals surface area contributed by atoms with Gasteiger partial charge in [0.15, 0.2) is 6.29 Å². The highest BCUT2D eigenvalue weighted by molar-refractivity contribution is 4.95. The zero-order valence-electron chi connectivity index (χ0n) is 16.8. The Morgan fingerprint density at radius 2 is 1.79 bits per heavy atom. The van der Waals surface area contributed by atoms with E-state index in [2.05, 4.69) is 10.6 Å². The fourth-order valence-electron chi connectivity index (χ4n) is 3.91. The molecule has 0 amide bonds. The molecule has 0 aromatic rings. The SMILES string of the molecule is NCCCNCC1O[C@H](O[C@@H]2C(N)CC(NC(CO)CO)CC2O)CC(O)[C@@H]1O. The summed E-state index contributed by atoms with van der Waals surface area (Å²) in [6.45, 7) is 1.14. The lowest BCUT2D eigenvalue weighted by molar-refractivity contribution is -0.276. The van der Waals surface area contributed by atoms with Crippen molar-refractivity contribution in [3.63, 3.8) is 0 Å². The second kappa shape index (κ2) is 12.4. The molecule has 172 valence electrons. The van der Waals surface area contributed by atoms with Crippen LogP contribution in [0.25, 0.3) is 0 Å². The number of hydrogen-bond acceptors (Lipinski definition) is 11. The lowest BCUT2D eigenvalue weighted by Gasteiger charge is -2.43. The van der Waals surface area contributed by atoms with Crippen LogP contribution in [0.1, 0.15) is 25.7 Å². The highest BCUT2D eigenvalue weighted by atomic mass is 16.7. The highest BCUT2D eigenvalue weighted by Gasteiger charge is 2.42. The van der Waals surface area contributed by atoms with Crippen LogP contribution in [0.2, 0.25) is 0 Å². The standard InChI is InChI=1S/C18H38N4O7/c19-2-1-3-21-7-15-17(27)13(25)6-16(28-15)29-18-12(20)4-10(5-14(18)26)22-11(8-23)9-24/h10-18,21-27H,1-9,19-20H2/t10?,12?,13?,14?,15?,16-,17+,18-/m1/s1. The molecule has 0 spiro atoms. The molecule has 1 aliphatic heterocycles. The van der Waals surface area contributed by atoms with Crippen LogP contribution in [0.4, 0.5) is 0 Å². The summed E-state index contributed by atoms with van der Waals surface area (Å²) in [6, 6.07) is -1.13. The molecule has 1 saturated carbocycles. The third-order valence-electron chi connectivity index (χ3n) is 5.54. The smallest absolute Gasteiger partial charge is 0.161 e. The average molecular weight is 423 g/mol. The maximum atomic E-state index is 10.5. The molecule has 1 saturated heterocycles. The van der Waals surface area contributed by atoms with Gasteiger partial charge in [0.05, 0.1) is 31.5 Å². The molecule has 2 fully saturated rings. The number of rotatable bonds is 11. The van der Waals surface area contributed by atoms with E-state index in [1.54, 1.807) is 0 Å². The van der Waals surface area contributed by atoms with Gasteiger partial charge in [0, 0.05) is 25.0 Å². The van der Waals surface area contributed by atoms with Crippen molar-refractivity contribution in [3.05, 3.63) is 0 Å². The van der Waals surface area contributed by atoms with Crippen LogP contribution >= 0.6 is 0 Å². The number of aliphatic hydroxyl groups excluding tert-OH is 5. The molecule has 11 N–H and O–H groups in total. The van der Waals surface area contributed by atoms with E-state index in [0.29, 0.717) is 32.5 Å². The molecule has 1 aliphatic carbocycles. The van der Waals surface area contributed by atoms with Crippen LogP contribution in [0.3, 0.4) is 0 Å². The molecule has 8 atom stereocenters. The first kappa shape index (κ1) is 24.8. The second-order valence-corrected chi connectivity index (χ2v) is 7.97. The minimum atomic E-state index is -1.03. The summed E-state index contributed by atoms with van der Waals surface area (Å²) in [4.78, 5) is 0. The lowest BCUT2D eigenvalue weighted by Crippen LogP contribution is -2.59. The normalized spacial score (nSPS) is 38.5. The van der Waals surface area contributed by atoms with Crippen LogP contribution < -0.4 is 22.1 Å². The fraction of sp³-hybridized carbons (Fsp3) is 1.00. The molecule has 1 heterocycles. The van der Waals surface area contributed by atoms with Crippen molar-refractivity contribution in [2.24, 2.45) is 11.5 Å². The van der Waals surface area contributed by atoms with Gasteiger partial charge < -0.3 is 57.1 Å². The number of nitrogens with two attached hydrogens (primary N) is 2. The van der Waals surface area contributed by atoms with Gasteiger partial charge in [-0.05, 0) is 32.4 Å². The van der Waals surface area contributed by atoms with Crippen molar-refractivity contribution in [3.8, 4) is 0 Å². The third kappa shape index (κ3) is 7.33. The van der Waals surface area contributed by atoms with Crippen molar-refractivity contribution >= 4 is 0 Å². The van der Waals surface area contributed by atoms with E-state index < -0.39 is 48.9 Å². The average Bonchev–Trinajstić information content (AvgIpc) is 2.69. The molecule has 2 aliphatic rings. The molecular formula is C18H38N4O7. The maximum absolute atomic E-state index is 10.5. The van der Waals surface area contributed by atoms with Gasteiger partial charge in [0.25, 0.3) is 0 Å². The summed E-state index contributed by atoms with van der Waals surface area (Å²) in [5.41, 5.74) is 11.7. The Labute approximate surface area is 171 Å². The highest BCUT2D eigenvalue weighted by Crippen LogP contribution is 2.27. The zero-order valence-corrected chi connectivity index (χ0v) is 16.8. The van der Waals surface area contributed by atoms with Crippen LogP contribution in [0, 0.1) is 0 Å². The zero-order chi connectivity index (χ0) is 21.4. The summed E-state index contributed by atoms with van der Waals surface area (Å²) in [5, 5.41) is 55.5. The third-order valence-corrected chi connectivity index (χ3v) is 5.54. The largest absolute Gasteiger partial charge is 0.395 e. The molecule has 11 heteroatoms. The number of aliphatic hydroxyl groups is 5. The van der Waals surface area contributed by atoms with Gasteiger partial charge in [-0.2, -0.15) is 0 Å². The van der Waals surface area contributed by atoms with Crippen molar-refractivity contribution in [2.75, 3.05) is 32.8 Å². The molecule has 5 unspecified atom stereocenters. The quantitative estimate of drug-likeness (QED) is 0.147. The van der Waals surface area contributed by atoms with Crippen molar-refractivity contribution in [2.45, 2.75) is 80.6 Å². The first-order chi connectivity index (χ1) is 13.9. The molecule has 2 rings (SSSR count). The minimum absolute atomic E-state index is 0.0786. The lowest BCUT2D eigenvalue weighted by atomic mass is 9.86. The fourth-order valence-corrected chi connectivity index (χ4v) is 3.91. The summed E-state index contributed by atoms with van der Waals surface area (Å²) in [6.07, 6.45) is -3.35.